The normalized spacial score (nSPS) is 20.4. The summed E-state index contributed by atoms with van der Waals surface area (Å²) in [6, 6.07) is 6.05. The number of amides is 1. The highest BCUT2D eigenvalue weighted by atomic mass is 32.1. The largest absolute Gasteiger partial charge is 0.331 e. The molecular weight excluding hydrogens is 296 g/mol. The van der Waals surface area contributed by atoms with E-state index in [0.29, 0.717) is 5.56 Å². The molecule has 1 atom stereocenters. The minimum Gasteiger partial charge on any atom is -0.331 e. The van der Waals surface area contributed by atoms with Crippen molar-refractivity contribution < 1.29 is 4.79 Å². The minimum atomic E-state index is -0.234. The van der Waals surface area contributed by atoms with Crippen LogP contribution in [0.4, 0.5) is 0 Å². The zero-order valence-corrected chi connectivity index (χ0v) is 13.1. The number of hydrogen-bond donors (Lipinski definition) is 1. The zero-order valence-electron chi connectivity index (χ0n) is 12.3. The second-order valence-corrected chi connectivity index (χ2v) is 7.02. The third-order valence-corrected chi connectivity index (χ3v) is 5.68. The van der Waals surface area contributed by atoms with Gasteiger partial charge in [-0.2, -0.15) is 0 Å². The van der Waals surface area contributed by atoms with Crippen molar-refractivity contribution in [1.82, 2.24) is 9.88 Å². The number of aryl methyl sites for hydroxylation is 2. The van der Waals surface area contributed by atoms with Gasteiger partial charge in [-0.25, -0.2) is 0 Å². The SMILES string of the molecule is O=C(c1cc2c([nH]c1=O)CCC2)N1CCCC1c1cccs1. The number of nitrogens with one attached hydrogen (secondary N) is 1. The molecule has 0 spiro atoms. The van der Waals surface area contributed by atoms with Crippen LogP contribution >= 0.6 is 11.3 Å². The number of rotatable bonds is 2. The van der Waals surface area contributed by atoms with E-state index in [-0.39, 0.29) is 17.5 Å². The average molecular weight is 314 g/mol. The molecule has 114 valence electrons. The van der Waals surface area contributed by atoms with Crippen molar-refractivity contribution in [3.05, 3.63) is 55.6 Å². The van der Waals surface area contributed by atoms with Crippen molar-refractivity contribution in [1.29, 1.82) is 0 Å². The van der Waals surface area contributed by atoms with Crippen LogP contribution in [0.2, 0.25) is 0 Å². The number of aromatic amines is 1. The quantitative estimate of drug-likeness (QED) is 0.926. The maximum atomic E-state index is 12.9. The van der Waals surface area contributed by atoms with Gasteiger partial charge in [0.15, 0.2) is 0 Å². The lowest BCUT2D eigenvalue weighted by Crippen LogP contribution is -2.34. The fraction of sp³-hybridized carbons (Fsp3) is 0.412. The molecular formula is C17H18N2O2S. The lowest BCUT2D eigenvalue weighted by Gasteiger charge is -2.23. The van der Waals surface area contributed by atoms with Crippen LogP contribution in [0.3, 0.4) is 0 Å². The lowest BCUT2D eigenvalue weighted by atomic mass is 10.1. The van der Waals surface area contributed by atoms with Crippen molar-refractivity contribution in [3.63, 3.8) is 0 Å². The predicted molar refractivity (Wildman–Crippen MR) is 86.4 cm³/mol. The van der Waals surface area contributed by atoms with E-state index < -0.39 is 0 Å². The monoisotopic (exact) mass is 314 g/mol. The van der Waals surface area contributed by atoms with Gasteiger partial charge in [0, 0.05) is 17.1 Å². The summed E-state index contributed by atoms with van der Waals surface area (Å²) in [5, 5.41) is 2.04. The van der Waals surface area contributed by atoms with E-state index in [4.69, 9.17) is 0 Å². The standard InChI is InChI=1S/C17H18N2O2S/c20-16-12(10-11-4-1-5-13(11)18-16)17(21)19-8-2-6-14(19)15-7-3-9-22-15/h3,7,9-10,14H,1-2,4-6,8H2,(H,18,20). The van der Waals surface area contributed by atoms with Crippen molar-refractivity contribution in [2.75, 3.05) is 6.54 Å². The Hall–Kier alpha value is -1.88. The molecule has 1 aliphatic heterocycles. The predicted octanol–water partition coefficient (Wildman–Crippen LogP) is 2.90. The maximum absolute atomic E-state index is 12.9. The Kier molecular flexibility index (Phi) is 3.37. The van der Waals surface area contributed by atoms with Gasteiger partial charge in [-0.05, 0) is 55.2 Å². The van der Waals surface area contributed by atoms with E-state index in [0.717, 1.165) is 49.9 Å². The first-order chi connectivity index (χ1) is 10.7. The summed E-state index contributed by atoms with van der Waals surface area (Å²) in [4.78, 5) is 31.1. The molecule has 4 rings (SSSR count). The zero-order chi connectivity index (χ0) is 15.1. The number of pyridine rings is 1. The molecule has 2 aliphatic rings. The van der Waals surface area contributed by atoms with Crippen molar-refractivity contribution >= 4 is 17.2 Å². The summed E-state index contributed by atoms with van der Waals surface area (Å²) in [6.45, 7) is 0.734. The molecule has 1 amide bonds. The molecule has 1 fully saturated rings. The molecule has 2 aromatic rings. The Labute approximate surface area is 132 Å². The van der Waals surface area contributed by atoms with Gasteiger partial charge in [0.2, 0.25) is 0 Å². The van der Waals surface area contributed by atoms with Gasteiger partial charge < -0.3 is 9.88 Å². The Morgan fingerprint density at radius 1 is 1.32 bits per heavy atom. The van der Waals surface area contributed by atoms with E-state index in [1.54, 1.807) is 11.3 Å². The summed E-state index contributed by atoms with van der Waals surface area (Å²) in [6.07, 6.45) is 4.91. The third-order valence-electron chi connectivity index (χ3n) is 4.70. The molecule has 0 bridgehead atoms. The fourth-order valence-electron chi connectivity index (χ4n) is 3.61. The molecule has 22 heavy (non-hydrogen) atoms. The summed E-state index contributed by atoms with van der Waals surface area (Å²) < 4.78 is 0. The van der Waals surface area contributed by atoms with E-state index >= 15 is 0 Å². The molecule has 3 heterocycles. The van der Waals surface area contributed by atoms with Crippen LogP contribution < -0.4 is 5.56 Å². The molecule has 4 nitrogen and oxygen atoms in total. The van der Waals surface area contributed by atoms with E-state index in [1.807, 2.05) is 22.4 Å². The molecule has 1 unspecified atom stereocenters. The molecule has 2 aromatic heterocycles. The van der Waals surface area contributed by atoms with E-state index in [1.165, 1.54) is 4.88 Å². The van der Waals surface area contributed by atoms with Crippen molar-refractivity contribution in [2.24, 2.45) is 0 Å². The van der Waals surface area contributed by atoms with Crippen LogP contribution in [-0.2, 0) is 12.8 Å². The minimum absolute atomic E-state index is 0.119. The highest BCUT2D eigenvalue weighted by Gasteiger charge is 2.32. The first-order valence-electron chi connectivity index (χ1n) is 7.83. The topological polar surface area (TPSA) is 53.2 Å². The van der Waals surface area contributed by atoms with E-state index in [9.17, 15) is 9.59 Å². The summed E-state index contributed by atoms with van der Waals surface area (Å²) in [5.41, 5.74) is 2.22. The Balaban J connectivity index is 1.68. The second-order valence-electron chi connectivity index (χ2n) is 6.04. The van der Waals surface area contributed by atoms with Gasteiger partial charge >= 0.3 is 0 Å². The second kappa shape index (κ2) is 5.39. The van der Waals surface area contributed by atoms with Crippen LogP contribution in [0.5, 0.6) is 0 Å². The van der Waals surface area contributed by atoms with Gasteiger partial charge in [-0.1, -0.05) is 6.07 Å². The lowest BCUT2D eigenvalue weighted by molar-refractivity contribution is 0.0736. The van der Waals surface area contributed by atoms with Gasteiger partial charge in [-0.3, -0.25) is 9.59 Å². The summed E-state index contributed by atoms with van der Waals surface area (Å²) in [7, 11) is 0. The first kappa shape index (κ1) is 13.8. The van der Waals surface area contributed by atoms with Gasteiger partial charge in [-0.15, -0.1) is 11.3 Å². The molecule has 0 radical (unpaired) electrons. The number of carbonyl (C=O) groups is 1. The molecule has 1 aliphatic carbocycles. The van der Waals surface area contributed by atoms with Crippen LogP contribution in [0.15, 0.2) is 28.4 Å². The summed E-state index contributed by atoms with van der Waals surface area (Å²) in [5.74, 6) is -0.119. The number of aromatic nitrogens is 1. The molecule has 1 saturated heterocycles. The molecule has 0 aromatic carbocycles. The van der Waals surface area contributed by atoms with Crippen LogP contribution in [0, 0.1) is 0 Å². The van der Waals surface area contributed by atoms with Crippen LogP contribution in [0.25, 0.3) is 0 Å². The smallest absolute Gasteiger partial charge is 0.261 e. The number of hydrogen-bond acceptors (Lipinski definition) is 3. The Morgan fingerprint density at radius 2 is 2.23 bits per heavy atom. The summed E-state index contributed by atoms with van der Waals surface area (Å²) >= 11 is 1.68. The fourth-order valence-corrected chi connectivity index (χ4v) is 4.49. The number of H-pyrrole nitrogens is 1. The number of carbonyl (C=O) groups excluding carboxylic acids is 1. The highest BCUT2D eigenvalue weighted by molar-refractivity contribution is 7.10. The first-order valence-corrected chi connectivity index (χ1v) is 8.71. The average Bonchev–Trinajstić information content (AvgIpc) is 3.25. The highest BCUT2D eigenvalue weighted by Crippen LogP contribution is 2.35. The van der Waals surface area contributed by atoms with Crippen molar-refractivity contribution in [2.45, 2.75) is 38.1 Å². The van der Waals surface area contributed by atoms with E-state index in [2.05, 4.69) is 11.1 Å². The van der Waals surface area contributed by atoms with Crippen molar-refractivity contribution in [3.8, 4) is 0 Å². The number of thiophene rings is 1. The Bertz CT molecular complexity index is 763. The number of fused-ring (bicyclic) bond motifs is 1. The van der Waals surface area contributed by atoms with Crippen LogP contribution in [-0.4, -0.2) is 22.3 Å². The molecule has 1 N–H and O–H groups in total. The van der Waals surface area contributed by atoms with Gasteiger partial charge in [0.25, 0.3) is 11.5 Å². The van der Waals surface area contributed by atoms with Gasteiger partial charge in [0.05, 0.1) is 6.04 Å². The number of nitrogens with zero attached hydrogens (tertiary/aromatic N) is 1. The third kappa shape index (κ3) is 2.20. The molecule has 0 saturated carbocycles. The number of likely N-dealkylation sites (tertiary alicyclic amines) is 1. The Morgan fingerprint density at radius 3 is 3.05 bits per heavy atom. The van der Waals surface area contributed by atoms with Crippen LogP contribution in [0.1, 0.15) is 51.8 Å². The van der Waals surface area contributed by atoms with Gasteiger partial charge in [0.1, 0.15) is 5.56 Å². The molecule has 5 heteroatoms. The maximum Gasteiger partial charge on any atom is 0.261 e.